The summed E-state index contributed by atoms with van der Waals surface area (Å²) in [5.74, 6) is 0. The van der Waals surface area contributed by atoms with Gasteiger partial charge in [0, 0.05) is 0 Å². The second-order valence-corrected chi connectivity index (χ2v) is 2.15. The lowest BCUT2D eigenvalue weighted by atomic mass is 10.1. The monoisotopic (exact) mass is 148 g/mol. The molecule has 2 heteroatoms. The molecule has 0 spiro atoms. The maximum Gasteiger partial charge on any atom is 0.106 e. The molecule has 0 aliphatic rings. The van der Waals surface area contributed by atoms with Gasteiger partial charge in [-0.25, -0.2) is 0 Å². The Labute approximate surface area is 66.5 Å². The molecule has 0 saturated heterocycles. The molecular weight excluding hydrogens is 138 g/mol. The molecule has 0 bridgehead atoms. The molecule has 0 atom stereocenters. The van der Waals surface area contributed by atoms with Crippen LogP contribution in [0.1, 0.15) is 12.5 Å². The molecule has 0 saturated carbocycles. The minimum atomic E-state index is 0.876. The fourth-order valence-corrected chi connectivity index (χ4v) is 0.818. The lowest BCUT2D eigenvalue weighted by Crippen LogP contribution is -1.93. The topological polar surface area (TPSA) is 21.6 Å². The minimum Gasteiger partial charge on any atom is -0.399 e. The van der Waals surface area contributed by atoms with E-state index >= 15 is 0 Å². The van der Waals surface area contributed by atoms with Crippen molar-refractivity contribution in [3.63, 3.8) is 0 Å². The average molecular weight is 148 g/mol. The average Bonchev–Trinajstić information content (AvgIpc) is 2.07. The molecule has 0 aliphatic heterocycles. The minimum absolute atomic E-state index is 0.876. The molecule has 0 unspecified atom stereocenters. The predicted molar refractivity (Wildman–Crippen MR) is 44.5 cm³/mol. The SMILES string of the molecule is CON=C(C)c1cc[c]cc1. The van der Waals surface area contributed by atoms with Crippen molar-refractivity contribution < 1.29 is 4.84 Å². The Hall–Kier alpha value is -1.31. The van der Waals surface area contributed by atoms with Crippen LogP contribution >= 0.6 is 0 Å². The molecule has 1 aromatic carbocycles. The van der Waals surface area contributed by atoms with Crippen molar-refractivity contribution in [1.82, 2.24) is 0 Å². The van der Waals surface area contributed by atoms with Crippen LogP contribution in [0.15, 0.2) is 29.4 Å². The molecule has 0 amide bonds. The fraction of sp³-hybridized carbons (Fsp3) is 0.222. The molecule has 0 aromatic heterocycles. The normalized spacial score (nSPS) is 11.3. The van der Waals surface area contributed by atoms with Gasteiger partial charge >= 0.3 is 0 Å². The number of oxime groups is 1. The first-order valence-electron chi connectivity index (χ1n) is 3.39. The summed E-state index contributed by atoms with van der Waals surface area (Å²) in [6, 6.07) is 10.5. The van der Waals surface area contributed by atoms with Crippen molar-refractivity contribution in [3.8, 4) is 0 Å². The second kappa shape index (κ2) is 3.76. The summed E-state index contributed by atoms with van der Waals surface area (Å²) >= 11 is 0. The Morgan fingerprint density at radius 1 is 1.45 bits per heavy atom. The predicted octanol–water partition coefficient (Wildman–Crippen LogP) is 1.86. The summed E-state index contributed by atoms with van der Waals surface area (Å²) in [7, 11) is 1.54. The van der Waals surface area contributed by atoms with Gasteiger partial charge in [0.2, 0.25) is 0 Å². The molecule has 1 radical (unpaired) electrons. The first kappa shape index (κ1) is 7.79. The molecule has 0 aliphatic carbocycles. The van der Waals surface area contributed by atoms with Gasteiger partial charge in [-0.15, -0.1) is 0 Å². The van der Waals surface area contributed by atoms with E-state index in [2.05, 4.69) is 16.1 Å². The highest BCUT2D eigenvalue weighted by atomic mass is 16.6. The highest BCUT2D eigenvalue weighted by Crippen LogP contribution is 1.99. The van der Waals surface area contributed by atoms with E-state index in [-0.39, 0.29) is 0 Å². The molecule has 57 valence electrons. The Bertz CT molecular complexity index is 241. The summed E-state index contributed by atoms with van der Waals surface area (Å²) in [5.41, 5.74) is 1.94. The molecule has 0 fully saturated rings. The molecule has 2 nitrogen and oxygen atoms in total. The summed E-state index contributed by atoms with van der Waals surface area (Å²) < 4.78 is 0. The van der Waals surface area contributed by atoms with Crippen LogP contribution < -0.4 is 0 Å². The standard InChI is InChI=1S/C9H10NO/c1-8(10-11-2)9-6-4-3-5-7-9/h4-7H,1-2H3. The zero-order chi connectivity index (χ0) is 8.10. The molecule has 0 N–H and O–H groups in total. The number of rotatable bonds is 2. The molecule has 0 heterocycles. The maximum absolute atomic E-state index is 4.64. The van der Waals surface area contributed by atoms with E-state index in [9.17, 15) is 0 Å². The summed E-state index contributed by atoms with van der Waals surface area (Å²) in [5, 5.41) is 3.80. The van der Waals surface area contributed by atoms with Crippen LogP contribution in [0.3, 0.4) is 0 Å². The zero-order valence-corrected chi connectivity index (χ0v) is 6.66. The Morgan fingerprint density at radius 3 is 2.64 bits per heavy atom. The maximum atomic E-state index is 4.64. The van der Waals surface area contributed by atoms with E-state index < -0.39 is 0 Å². The highest BCUT2D eigenvalue weighted by Gasteiger charge is 1.93. The lowest BCUT2D eigenvalue weighted by Gasteiger charge is -1.96. The van der Waals surface area contributed by atoms with Crippen LogP contribution in [0.4, 0.5) is 0 Å². The first-order chi connectivity index (χ1) is 5.34. The van der Waals surface area contributed by atoms with E-state index in [1.165, 1.54) is 0 Å². The third-order valence-electron chi connectivity index (χ3n) is 1.36. The van der Waals surface area contributed by atoms with Crippen LogP contribution in [0.5, 0.6) is 0 Å². The van der Waals surface area contributed by atoms with Gasteiger partial charge in [-0.3, -0.25) is 0 Å². The molecule has 11 heavy (non-hydrogen) atoms. The third kappa shape index (κ3) is 2.08. The molecular formula is C9H10NO. The van der Waals surface area contributed by atoms with Crippen molar-refractivity contribution in [2.24, 2.45) is 5.16 Å². The summed E-state index contributed by atoms with van der Waals surface area (Å²) in [4.78, 5) is 4.64. The summed E-state index contributed by atoms with van der Waals surface area (Å²) in [6.07, 6.45) is 0. The van der Waals surface area contributed by atoms with Crippen molar-refractivity contribution >= 4 is 5.71 Å². The molecule has 1 rings (SSSR count). The number of nitrogens with zero attached hydrogens (tertiary/aromatic N) is 1. The Morgan fingerprint density at radius 2 is 2.09 bits per heavy atom. The van der Waals surface area contributed by atoms with E-state index in [4.69, 9.17) is 0 Å². The van der Waals surface area contributed by atoms with Crippen LogP contribution in [0, 0.1) is 6.07 Å². The highest BCUT2D eigenvalue weighted by molar-refractivity contribution is 5.98. The van der Waals surface area contributed by atoms with Gasteiger partial charge in [-0.1, -0.05) is 29.4 Å². The number of hydrogen-bond acceptors (Lipinski definition) is 2. The van der Waals surface area contributed by atoms with Crippen molar-refractivity contribution in [2.75, 3.05) is 7.11 Å². The number of hydrogen-bond donors (Lipinski definition) is 0. The van der Waals surface area contributed by atoms with E-state index in [1.807, 2.05) is 31.2 Å². The third-order valence-corrected chi connectivity index (χ3v) is 1.36. The first-order valence-corrected chi connectivity index (χ1v) is 3.39. The van der Waals surface area contributed by atoms with Gasteiger partial charge in [0.1, 0.15) is 7.11 Å². The van der Waals surface area contributed by atoms with Crippen LogP contribution in [0.2, 0.25) is 0 Å². The van der Waals surface area contributed by atoms with E-state index in [0.29, 0.717) is 0 Å². The van der Waals surface area contributed by atoms with E-state index in [0.717, 1.165) is 11.3 Å². The van der Waals surface area contributed by atoms with Gasteiger partial charge in [0.15, 0.2) is 0 Å². The fourth-order valence-electron chi connectivity index (χ4n) is 0.818. The van der Waals surface area contributed by atoms with Gasteiger partial charge in [0.05, 0.1) is 5.71 Å². The quantitative estimate of drug-likeness (QED) is 0.463. The van der Waals surface area contributed by atoms with Gasteiger partial charge in [-0.2, -0.15) is 0 Å². The van der Waals surface area contributed by atoms with E-state index in [1.54, 1.807) is 7.11 Å². The number of benzene rings is 1. The van der Waals surface area contributed by atoms with Gasteiger partial charge in [0.25, 0.3) is 0 Å². The Kier molecular flexibility index (Phi) is 2.66. The largest absolute Gasteiger partial charge is 0.399 e. The molecule has 1 aromatic rings. The lowest BCUT2D eigenvalue weighted by molar-refractivity contribution is 0.213. The van der Waals surface area contributed by atoms with Gasteiger partial charge < -0.3 is 4.84 Å². The summed E-state index contributed by atoms with van der Waals surface area (Å²) in [6.45, 7) is 1.90. The van der Waals surface area contributed by atoms with Crippen molar-refractivity contribution in [2.45, 2.75) is 6.92 Å². The smallest absolute Gasteiger partial charge is 0.106 e. The van der Waals surface area contributed by atoms with Crippen LogP contribution in [0.25, 0.3) is 0 Å². The van der Waals surface area contributed by atoms with Crippen LogP contribution in [-0.2, 0) is 4.84 Å². The zero-order valence-electron chi connectivity index (χ0n) is 6.66. The second-order valence-electron chi connectivity index (χ2n) is 2.15. The van der Waals surface area contributed by atoms with Crippen LogP contribution in [-0.4, -0.2) is 12.8 Å². The Balaban J connectivity index is 2.85. The van der Waals surface area contributed by atoms with Gasteiger partial charge in [-0.05, 0) is 18.6 Å². The van der Waals surface area contributed by atoms with Crippen molar-refractivity contribution in [3.05, 3.63) is 35.9 Å². The van der Waals surface area contributed by atoms with Crippen molar-refractivity contribution in [1.29, 1.82) is 0 Å².